The zero-order valence-electron chi connectivity index (χ0n) is 9.27. The van der Waals surface area contributed by atoms with Crippen molar-refractivity contribution in [1.29, 1.82) is 0 Å². The number of carbonyl (C=O) groups excluding carboxylic acids is 1. The van der Waals surface area contributed by atoms with Crippen LogP contribution in [-0.2, 0) is 0 Å². The number of aryl methyl sites for hydroxylation is 1. The minimum atomic E-state index is -0.571. The summed E-state index contributed by atoms with van der Waals surface area (Å²) in [6, 6.07) is 9.86. The molecular formula is C13H11FN2O. The van der Waals surface area contributed by atoms with Crippen LogP contribution >= 0.6 is 0 Å². The van der Waals surface area contributed by atoms with Gasteiger partial charge in [0.15, 0.2) is 0 Å². The number of carbonyl (C=O) groups is 1. The topological polar surface area (TPSA) is 42.0 Å². The summed E-state index contributed by atoms with van der Waals surface area (Å²) in [6.07, 6.45) is 1.28. The fourth-order valence-corrected chi connectivity index (χ4v) is 1.36. The van der Waals surface area contributed by atoms with Gasteiger partial charge in [-0.1, -0.05) is 17.7 Å². The van der Waals surface area contributed by atoms with Crippen molar-refractivity contribution < 1.29 is 9.18 Å². The molecule has 0 unspecified atom stereocenters. The number of hydrogen-bond donors (Lipinski definition) is 1. The van der Waals surface area contributed by atoms with Crippen molar-refractivity contribution in [2.24, 2.45) is 0 Å². The van der Waals surface area contributed by atoms with Crippen LogP contribution in [0.4, 0.5) is 10.1 Å². The number of rotatable bonds is 2. The van der Waals surface area contributed by atoms with Crippen LogP contribution in [0.3, 0.4) is 0 Å². The molecule has 0 atom stereocenters. The molecule has 0 saturated carbocycles. The van der Waals surface area contributed by atoms with Crippen LogP contribution in [0.5, 0.6) is 0 Å². The molecule has 0 aliphatic carbocycles. The molecule has 1 heterocycles. The number of benzene rings is 1. The molecule has 1 aromatic heterocycles. The van der Waals surface area contributed by atoms with Crippen molar-refractivity contribution in [3.8, 4) is 0 Å². The van der Waals surface area contributed by atoms with E-state index in [0.717, 1.165) is 5.56 Å². The first-order valence-corrected chi connectivity index (χ1v) is 5.15. The molecule has 0 bridgehead atoms. The highest BCUT2D eigenvalue weighted by Gasteiger charge is 2.05. The van der Waals surface area contributed by atoms with Crippen LogP contribution in [0.25, 0.3) is 0 Å². The predicted molar refractivity (Wildman–Crippen MR) is 63.3 cm³/mol. The largest absolute Gasteiger partial charge is 0.321 e. The van der Waals surface area contributed by atoms with Gasteiger partial charge >= 0.3 is 0 Å². The third-order valence-electron chi connectivity index (χ3n) is 2.30. The van der Waals surface area contributed by atoms with Gasteiger partial charge in [0.1, 0.15) is 0 Å². The van der Waals surface area contributed by atoms with Crippen molar-refractivity contribution >= 4 is 11.6 Å². The molecule has 2 aromatic rings. The number of hydrogen-bond acceptors (Lipinski definition) is 2. The molecule has 2 rings (SSSR count). The number of halogens is 1. The maximum absolute atomic E-state index is 12.6. The Morgan fingerprint density at radius 1 is 1.18 bits per heavy atom. The summed E-state index contributed by atoms with van der Waals surface area (Å²) in [5.41, 5.74) is 2.11. The first-order valence-electron chi connectivity index (χ1n) is 5.15. The molecule has 0 aliphatic rings. The molecule has 86 valence electrons. The fraction of sp³-hybridized carbons (Fsp3) is 0.0769. The quantitative estimate of drug-likeness (QED) is 0.806. The van der Waals surface area contributed by atoms with Gasteiger partial charge in [0.25, 0.3) is 5.91 Å². The van der Waals surface area contributed by atoms with E-state index in [1.165, 1.54) is 18.3 Å². The van der Waals surface area contributed by atoms with Crippen LogP contribution in [0.2, 0.25) is 0 Å². The summed E-state index contributed by atoms with van der Waals surface area (Å²) in [7, 11) is 0. The zero-order chi connectivity index (χ0) is 12.3. The zero-order valence-corrected chi connectivity index (χ0v) is 9.27. The maximum Gasteiger partial charge on any atom is 0.255 e. The molecule has 0 radical (unpaired) electrons. The standard InChI is InChI=1S/C13H11FN2O/c1-9-2-4-10(5-3-9)13(17)16-11-6-7-12(14)15-8-11/h2-8H,1H3,(H,16,17). The average Bonchev–Trinajstić information content (AvgIpc) is 2.33. The van der Waals surface area contributed by atoms with E-state index >= 15 is 0 Å². The third-order valence-corrected chi connectivity index (χ3v) is 2.30. The molecule has 0 saturated heterocycles. The number of nitrogens with one attached hydrogen (secondary N) is 1. The van der Waals surface area contributed by atoms with Crippen molar-refractivity contribution in [2.75, 3.05) is 5.32 Å². The first-order chi connectivity index (χ1) is 8.15. The SMILES string of the molecule is Cc1ccc(C(=O)Nc2ccc(F)nc2)cc1. The number of amides is 1. The first kappa shape index (κ1) is 11.3. The summed E-state index contributed by atoms with van der Waals surface area (Å²) in [5.74, 6) is -0.809. The monoisotopic (exact) mass is 230 g/mol. The second kappa shape index (κ2) is 4.74. The van der Waals surface area contributed by atoms with Gasteiger partial charge in [0, 0.05) is 5.56 Å². The van der Waals surface area contributed by atoms with Crippen molar-refractivity contribution in [1.82, 2.24) is 4.98 Å². The van der Waals surface area contributed by atoms with Crippen molar-refractivity contribution in [3.05, 3.63) is 59.7 Å². The minimum Gasteiger partial charge on any atom is -0.321 e. The van der Waals surface area contributed by atoms with Crippen LogP contribution in [-0.4, -0.2) is 10.9 Å². The molecule has 1 aromatic carbocycles. The van der Waals surface area contributed by atoms with E-state index in [1.807, 2.05) is 19.1 Å². The Hall–Kier alpha value is -2.23. The Morgan fingerprint density at radius 2 is 1.88 bits per heavy atom. The van der Waals surface area contributed by atoms with E-state index in [2.05, 4.69) is 10.3 Å². The van der Waals surface area contributed by atoms with Gasteiger partial charge < -0.3 is 5.32 Å². The van der Waals surface area contributed by atoms with Gasteiger partial charge in [0.2, 0.25) is 5.95 Å². The van der Waals surface area contributed by atoms with E-state index in [4.69, 9.17) is 0 Å². The average molecular weight is 230 g/mol. The number of nitrogens with zero attached hydrogens (tertiary/aromatic N) is 1. The Balaban J connectivity index is 2.11. The lowest BCUT2D eigenvalue weighted by atomic mass is 10.1. The van der Waals surface area contributed by atoms with Crippen LogP contribution in [0, 0.1) is 12.9 Å². The minimum absolute atomic E-state index is 0.238. The molecule has 0 fully saturated rings. The Kier molecular flexibility index (Phi) is 3.14. The number of aromatic nitrogens is 1. The van der Waals surface area contributed by atoms with Crippen LogP contribution in [0.1, 0.15) is 15.9 Å². The van der Waals surface area contributed by atoms with Crippen LogP contribution < -0.4 is 5.32 Å². The van der Waals surface area contributed by atoms with E-state index in [-0.39, 0.29) is 5.91 Å². The number of anilines is 1. The highest BCUT2D eigenvalue weighted by Crippen LogP contribution is 2.09. The Labute approximate surface area is 98.3 Å². The summed E-state index contributed by atoms with van der Waals surface area (Å²) in [5, 5.41) is 2.64. The highest BCUT2D eigenvalue weighted by atomic mass is 19.1. The summed E-state index contributed by atoms with van der Waals surface area (Å²) >= 11 is 0. The second-order valence-electron chi connectivity index (χ2n) is 3.69. The van der Waals surface area contributed by atoms with Gasteiger partial charge in [-0.25, -0.2) is 4.98 Å². The normalized spacial score (nSPS) is 10.0. The fourth-order valence-electron chi connectivity index (χ4n) is 1.36. The molecule has 3 nitrogen and oxygen atoms in total. The van der Waals surface area contributed by atoms with Crippen molar-refractivity contribution in [2.45, 2.75) is 6.92 Å². The van der Waals surface area contributed by atoms with Crippen molar-refractivity contribution in [3.63, 3.8) is 0 Å². The molecule has 1 amide bonds. The van der Waals surface area contributed by atoms with Crippen LogP contribution in [0.15, 0.2) is 42.6 Å². The predicted octanol–water partition coefficient (Wildman–Crippen LogP) is 2.78. The lowest BCUT2D eigenvalue weighted by molar-refractivity contribution is 0.102. The number of pyridine rings is 1. The lowest BCUT2D eigenvalue weighted by Gasteiger charge is -2.04. The molecule has 0 spiro atoms. The summed E-state index contributed by atoms with van der Waals surface area (Å²) < 4.78 is 12.6. The smallest absolute Gasteiger partial charge is 0.255 e. The Morgan fingerprint density at radius 3 is 2.47 bits per heavy atom. The molecule has 17 heavy (non-hydrogen) atoms. The van der Waals surface area contributed by atoms with Gasteiger partial charge in [-0.2, -0.15) is 4.39 Å². The second-order valence-corrected chi connectivity index (χ2v) is 3.69. The third kappa shape index (κ3) is 2.87. The van der Waals surface area contributed by atoms with Gasteiger partial charge in [-0.3, -0.25) is 4.79 Å². The van der Waals surface area contributed by atoms with E-state index in [0.29, 0.717) is 11.3 Å². The van der Waals surface area contributed by atoms with Gasteiger partial charge in [-0.15, -0.1) is 0 Å². The molecular weight excluding hydrogens is 219 g/mol. The summed E-state index contributed by atoms with van der Waals surface area (Å²) in [4.78, 5) is 15.2. The lowest BCUT2D eigenvalue weighted by Crippen LogP contribution is -2.11. The molecule has 1 N–H and O–H groups in total. The highest BCUT2D eigenvalue weighted by molar-refractivity contribution is 6.04. The van der Waals surface area contributed by atoms with E-state index in [1.54, 1.807) is 12.1 Å². The molecule has 4 heteroatoms. The van der Waals surface area contributed by atoms with E-state index < -0.39 is 5.95 Å². The summed E-state index contributed by atoms with van der Waals surface area (Å²) in [6.45, 7) is 1.95. The van der Waals surface area contributed by atoms with Gasteiger partial charge in [-0.05, 0) is 31.2 Å². The maximum atomic E-state index is 12.6. The van der Waals surface area contributed by atoms with Gasteiger partial charge in [0.05, 0.1) is 11.9 Å². The molecule has 0 aliphatic heterocycles. The van der Waals surface area contributed by atoms with E-state index in [9.17, 15) is 9.18 Å². The Bertz CT molecular complexity index is 520.